The lowest BCUT2D eigenvalue weighted by molar-refractivity contribution is -0.170. The lowest BCUT2D eigenvalue weighted by Crippen LogP contribution is -2.75. The van der Waals surface area contributed by atoms with E-state index < -0.39 is 5.54 Å². The van der Waals surface area contributed by atoms with Crippen LogP contribution in [0.3, 0.4) is 0 Å². The summed E-state index contributed by atoms with van der Waals surface area (Å²) < 4.78 is 5.70. The summed E-state index contributed by atoms with van der Waals surface area (Å²) >= 11 is 0. The number of carbonyl (C=O) groups is 1. The van der Waals surface area contributed by atoms with Crippen LogP contribution in [0.5, 0.6) is 0 Å². The summed E-state index contributed by atoms with van der Waals surface area (Å²) in [5.74, 6) is -0.0747. The van der Waals surface area contributed by atoms with Gasteiger partial charge in [-0.25, -0.2) is 0 Å². The van der Waals surface area contributed by atoms with Gasteiger partial charge in [0, 0.05) is 43.8 Å². The Kier molecular flexibility index (Phi) is 6.12. The Hall–Kier alpha value is -1.59. The van der Waals surface area contributed by atoms with Gasteiger partial charge in [-0.3, -0.25) is 4.79 Å². The fourth-order valence-electron chi connectivity index (χ4n) is 3.65. The first-order valence-electron chi connectivity index (χ1n) is 9.27. The lowest BCUT2D eigenvalue weighted by atomic mass is 9.54. The minimum absolute atomic E-state index is 0.0485. The summed E-state index contributed by atoms with van der Waals surface area (Å²) in [5, 5.41) is 3.04. The third-order valence-corrected chi connectivity index (χ3v) is 5.74. The molecule has 0 bridgehead atoms. The maximum absolute atomic E-state index is 12.7. The molecule has 0 radical (unpaired) electrons. The molecule has 1 aromatic carbocycles. The molecule has 2 unspecified atom stereocenters. The highest BCUT2D eigenvalue weighted by molar-refractivity contribution is 5.88. The summed E-state index contributed by atoms with van der Waals surface area (Å²) in [6.45, 7) is 13.1. The fraction of sp³-hybridized carbons (Fsp3) is 0.650. The van der Waals surface area contributed by atoms with Crippen molar-refractivity contribution < 1.29 is 9.53 Å². The van der Waals surface area contributed by atoms with E-state index >= 15 is 0 Å². The van der Waals surface area contributed by atoms with Crippen LogP contribution in [-0.4, -0.2) is 43.8 Å². The molecule has 3 N–H and O–H groups in total. The highest BCUT2D eigenvalue weighted by Gasteiger charge is 2.62. The number of hydrogen-bond donors (Lipinski definition) is 2. The number of nitrogens with zero attached hydrogens (tertiary/aromatic N) is 1. The van der Waals surface area contributed by atoms with Crippen LogP contribution < -0.4 is 16.0 Å². The molecule has 1 saturated carbocycles. The molecular formula is C20H33N3O2. The number of nitrogens with one attached hydrogen (secondary N) is 1. The second-order valence-corrected chi connectivity index (χ2v) is 7.46. The van der Waals surface area contributed by atoms with Gasteiger partial charge < -0.3 is 20.7 Å². The molecule has 2 rings (SSSR count). The number of ether oxygens (including phenoxy) is 1. The van der Waals surface area contributed by atoms with Gasteiger partial charge in [-0.2, -0.15) is 0 Å². The van der Waals surface area contributed by atoms with E-state index in [0.717, 1.165) is 13.1 Å². The van der Waals surface area contributed by atoms with E-state index in [1.165, 1.54) is 11.3 Å². The molecule has 5 nitrogen and oxygen atoms in total. The highest BCUT2D eigenvalue weighted by Crippen LogP contribution is 2.49. The van der Waals surface area contributed by atoms with Crippen molar-refractivity contribution in [2.45, 2.75) is 52.7 Å². The van der Waals surface area contributed by atoms with Gasteiger partial charge in [0.1, 0.15) is 5.54 Å². The zero-order valence-electron chi connectivity index (χ0n) is 16.3. The summed E-state index contributed by atoms with van der Waals surface area (Å²) in [4.78, 5) is 14.9. The third kappa shape index (κ3) is 3.67. The van der Waals surface area contributed by atoms with Gasteiger partial charge >= 0.3 is 0 Å². The van der Waals surface area contributed by atoms with Gasteiger partial charge in [-0.05, 0) is 32.4 Å². The van der Waals surface area contributed by atoms with Crippen LogP contribution in [0.2, 0.25) is 0 Å². The Balaban J connectivity index is 1.91. The molecule has 1 amide bonds. The van der Waals surface area contributed by atoms with Gasteiger partial charge in [-0.1, -0.05) is 32.0 Å². The fourth-order valence-corrected chi connectivity index (χ4v) is 3.65. The molecule has 0 aromatic heterocycles. The normalized spacial score (nSPS) is 24.5. The Morgan fingerprint density at radius 2 is 2.04 bits per heavy atom. The van der Waals surface area contributed by atoms with Crippen LogP contribution in [0, 0.1) is 12.3 Å². The monoisotopic (exact) mass is 347 g/mol. The molecule has 140 valence electrons. The zero-order valence-corrected chi connectivity index (χ0v) is 16.3. The van der Waals surface area contributed by atoms with Crippen molar-refractivity contribution in [1.29, 1.82) is 0 Å². The quantitative estimate of drug-likeness (QED) is 0.758. The second kappa shape index (κ2) is 7.75. The van der Waals surface area contributed by atoms with Gasteiger partial charge in [0.25, 0.3) is 0 Å². The molecule has 2 atom stereocenters. The number of amides is 1. The smallest absolute Gasteiger partial charge is 0.240 e. The van der Waals surface area contributed by atoms with E-state index in [-0.39, 0.29) is 17.4 Å². The van der Waals surface area contributed by atoms with Crippen molar-refractivity contribution in [1.82, 2.24) is 5.32 Å². The van der Waals surface area contributed by atoms with Crippen LogP contribution in [0.25, 0.3) is 0 Å². The molecule has 1 aliphatic rings. The zero-order chi connectivity index (χ0) is 18.7. The maximum atomic E-state index is 12.7. The van der Waals surface area contributed by atoms with Gasteiger partial charge in [-0.15, -0.1) is 0 Å². The number of para-hydroxylation sites is 1. The van der Waals surface area contributed by atoms with E-state index in [1.807, 2.05) is 32.9 Å². The largest absolute Gasteiger partial charge is 0.378 e. The molecule has 0 spiro atoms. The topological polar surface area (TPSA) is 67.6 Å². The lowest BCUT2D eigenvalue weighted by Gasteiger charge is -2.57. The number of rotatable bonds is 8. The molecule has 0 aliphatic heterocycles. The summed E-state index contributed by atoms with van der Waals surface area (Å²) in [5.41, 5.74) is 7.67. The van der Waals surface area contributed by atoms with Gasteiger partial charge in [0.15, 0.2) is 0 Å². The van der Waals surface area contributed by atoms with Crippen molar-refractivity contribution in [3.63, 3.8) is 0 Å². The predicted molar refractivity (Wildman–Crippen MR) is 103 cm³/mol. The molecule has 1 aromatic rings. The number of carbonyl (C=O) groups excluding carboxylic acids is 1. The average Bonchev–Trinajstić information content (AvgIpc) is 2.59. The van der Waals surface area contributed by atoms with E-state index in [4.69, 9.17) is 10.5 Å². The minimum Gasteiger partial charge on any atom is -0.378 e. The Morgan fingerprint density at radius 3 is 2.60 bits per heavy atom. The van der Waals surface area contributed by atoms with E-state index in [1.54, 1.807) is 0 Å². The van der Waals surface area contributed by atoms with Crippen molar-refractivity contribution >= 4 is 11.6 Å². The van der Waals surface area contributed by atoms with Crippen molar-refractivity contribution in [2.24, 2.45) is 11.1 Å². The number of nitrogens with two attached hydrogens (primary N) is 1. The highest BCUT2D eigenvalue weighted by atomic mass is 16.5. The molecule has 0 heterocycles. The maximum Gasteiger partial charge on any atom is 0.240 e. The number of anilines is 1. The van der Waals surface area contributed by atoms with Crippen LogP contribution >= 0.6 is 0 Å². The first-order valence-corrected chi connectivity index (χ1v) is 9.27. The van der Waals surface area contributed by atoms with Crippen molar-refractivity contribution in [3.05, 3.63) is 29.8 Å². The minimum atomic E-state index is -0.855. The van der Waals surface area contributed by atoms with Crippen LogP contribution in [0.15, 0.2) is 24.3 Å². The molecule has 0 saturated heterocycles. The summed E-state index contributed by atoms with van der Waals surface area (Å²) in [6.07, 6.45) is 0.627. The summed E-state index contributed by atoms with van der Waals surface area (Å²) in [6, 6.07) is 8.31. The van der Waals surface area contributed by atoms with E-state index in [2.05, 4.69) is 36.2 Å². The van der Waals surface area contributed by atoms with Crippen LogP contribution in [0.1, 0.15) is 39.7 Å². The average molecular weight is 348 g/mol. The van der Waals surface area contributed by atoms with Crippen LogP contribution in [0.4, 0.5) is 5.69 Å². The second-order valence-electron chi connectivity index (χ2n) is 7.46. The first-order chi connectivity index (χ1) is 11.8. The SMILES string of the molecule is CCOC1CC(N)(C(=O)NCCN(CC)c2ccccc2C)C1(C)C. The predicted octanol–water partition coefficient (Wildman–Crippen LogP) is 2.47. The molecular weight excluding hydrogens is 314 g/mol. The van der Waals surface area contributed by atoms with Gasteiger partial charge in [0.2, 0.25) is 5.91 Å². The summed E-state index contributed by atoms with van der Waals surface area (Å²) in [7, 11) is 0. The van der Waals surface area contributed by atoms with Crippen molar-refractivity contribution in [3.8, 4) is 0 Å². The molecule has 1 aliphatic carbocycles. The Labute approximate surface area is 151 Å². The Morgan fingerprint density at radius 1 is 1.36 bits per heavy atom. The Bertz CT molecular complexity index is 602. The number of hydrogen-bond acceptors (Lipinski definition) is 4. The molecule has 1 fully saturated rings. The van der Waals surface area contributed by atoms with E-state index in [0.29, 0.717) is 19.6 Å². The third-order valence-electron chi connectivity index (χ3n) is 5.74. The number of aryl methyl sites for hydroxylation is 1. The standard InChI is InChI=1S/C20H33N3O2/c1-6-23(16-11-9-8-10-15(16)3)13-12-22-18(24)20(21)14-17(25-7-2)19(20,4)5/h8-11,17H,6-7,12-14,21H2,1-5H3,(H,22,24). The van der Waals surface area contributed by atoms with Gasteiger partial charge in [0.05, 0.1) is 6.10 Å². The van der Waals surface area contributed by atoms with E-state index in [9.17, 15) is 4.79 Å². The number of benzene rings is 1. The first kappa shape index (κ1) is 19.7. The number of likely N-dealkylation sites (N-methyl/N-ethyl adjacent to an activating group) is 1. The molecule has 25 heavy (non-hydrogen) atoms. The van der Waals surface area contributed by atoms with Crippen molar-refractivity contribution in [2.75, 3.05) is 31.1 Å². The van der Waals surface area contributed by atoms with Crippen LogP contribution in [-0.2, 0) is 9.53 Å². The molecule has 5 heteroatoms.